The predicted molar refractivity (Wildman–Crippen MR) is 102 cm³/mol. The molecular weight excluding hydrogens is 344 g/mol. The van der Waals surface area contributed by atoms with Crippen LogP contribution < -0.4 is 5.56 Å². The Hall–Kier alpha value is -1.04. The van der Waals surface area contributed by atoms with Gasteiger partial charge in [0.1, 0.15) is 0 Å². The van der Waals surface area contributed by atoms with Gasteiger partial charge in [-0.05, 0) is 43.4 Å². The lowest BCUT2D eigenvalue weighted by Crippen LogP contribution is -2.24. The van der Waals surface area contributed by atoms with Crippen molar-refractivity contribution in [2.45, 2.75) is 51.2 Å². The van der Waals surface area contributed by atoms with Crippen molar-refractivity contribution in [2.75, 3.05) is 12.4 Å². The van der Waals surface area contributed by atoms with Gasteiger partial charge in [0.25, 0.3) is 5.56 Å². The molecule has 0 bridgehead atoms. The highest BCUT2D eigenvalue weighted by molar-refractivity contribution is 7.99. The molecule has 132 valence electrons. The van der Waals surface area contributed by atoms with Crippen molar-refractivity contribution in [3.63, 3.8) is 0 Å². The van der Waals surface area contributed by atoms with E-state index in [2.05, 4.69) is 18.8 Å². The number of hydrogen-bond donors (Lipinski definition) is 1. The summed E-state index contributed by atoms with van der Waals surface area (Å²) in [6, 6.07) is 5.25. The fraction of sp³-hybridized carbons (Fsp3) is 0.556. The zero-order chi connectivity index (χ0) is 17.5. The summed E-state index contributed by atoms with van der Waals surface area (Å²) in [4.78, 5) is 17.5. The Bertz CT molecular complexity index is 731. The minimum atomic E-state index is 0.00942. The van der Waals surface area contributed by atoms with Gasteiger partial charge in [0.15, 0.2) is 5.16 Å². The van der Waals surface area contributed by atoms with E-state index in [1.807, 2.05) is 0 Å². The van der Waals surface area contributed by atoms with Crippen LogP contribution in [-0.2, 0) is 6.54 Å². The van der Waals surface area contributed by atoms with E-state index < -0.39 is 0 Å². The summed E-state index contributed by atoms with van der Waals surface area (Å²) >= 11 is 7.66. The number of unbranched alkanes of at least 4 members (excludes halogenated alkanes) is 2. The molecule has 2 rings (SSSR count). The van der Waals surface area contributed by atoms with Gasteiger partial charge in [-0.15, -0.1) is 0 Å². The summed E-state index contributed by atoms with van der Waals surface area (Å²) < 4.78 is 1.80. The Labute approximate surface area is 152 Å². The molecule has 0 unspecified atom stereocenters. The third-order valence-electron chi connectivity index (χ3n) is 3.85. The minimum Gasteiger partial charge on any atom is -0.396 e. The van der Waals surface area contributed by atoms with Crippen molar-refractivity contribution >= 4 is 34.3 Å². The zero-order valence-electron chi connectivity index (χ0n) is 14.3. The summed E-state index contributed by atoms with van der Waals surface area (Å²) in [7, 11) is 0. The van der Waals surface area contributed by atoms with E-state index in [-0.39, 0.29) is 12.2 Å². The molecule has 0 fully saturated rings. The molecule has 0 aliphatic rings. The van der Waals surface area contributed by atoms with Crippen LogP contribution in [0.5, 0.6) is 0 Å². The molecule has 0 saturated carbocycles. The lowest BCUT2D eigenvalue weighted by molar-refractivity contribution is 0.284. The van der Waals surface area contributed by atoms with E-state index in [1.165, 1.54) is 0 Å². The van der Waals surface area contributed by atoms with E-state index >= 15 is 0 Å². The normalized spacial score (nSPS) is 11.5. The second kappa shape index (κ2) is 9.44. The summed E-state index contributed by atoms with van der Waals surface area (Å²) in [6.45, 7) is 5.22. The van der Waals surface area contributed by atoms with Gasteiger partial charge in [-0.1, -0.05) is 43.6 Å². The van der Waals surface area contributed by atoms with Crippen LogP contribution in [0.2, 0.25) is 5.02 Å². The van der Waals surface area contributed by atoms with Crippen LogP contribution in [0.3, 0.4) is 0 Å². The fourth-order valence-electron chi connectivity index (χ4n) is 2.42. The van der Waals surface area contributed by atoms with Gasteiger partial charge in [-0.2, -0.15) is 0 Å². The number of aliphatic hydroxyl groups excluding tert-OH is 1. The number of aliphatic hydroxyl groups is 1. The second-order valence-electron chi connectivity index (χ2n) is 6.33. The average Bonchev–Trinajstić information content (AvgIpc) is 2.53. The number of nitrogens with zero attached hydrogens (tertiary/aromatic N) is 2. The molecule has 6 heteroatoms. The molecule has 1 aromatic carbocycles. The van der Waals surface area contributed by atoms with Crippen molar-refractivity contribution in [3.8, 4) is 0 Å². The first-order valence-electron chi connectivity index (χ1n) is 8.46. The maximum atomic E-state index is 12.8. The molecule has 2 aromatic rings. The SMILES string of the molecule is CC(C)CCn1c(SCCCCCO)nc2cc(Cl)ccc2c1=O. The smallest absolute Gasteiger partial charge is 0.262 e. The number of fused-ring (bicyclic) bond motifs is 1. The molecule has 1 heterocycles. The standard InChI is InChI=1S/C18H25ClN2O2S/c1-13(2)8-9-21-17(23)15-7-6-14(19)12-16(15)20-18(21)24-11-5-3-4-10-22/h6-7,12-13,22H,3-5,8-11H2,1-2H3. The summed E-state index contributed by atoms with van der Waals surface area (Å²) in [5, 5.41) is 10.8. The molecule has 1 N–H and O–H groups in total. The Morgan fingerprint density at radius 3 is 2.79 bits per heavy atom. The molecule has 0 spiro atoms. The lowest BCUT2D eigenvalue weighted by Gasteiger charge is -2.14. The monoisotopic (exact) mass is 368 g/mol. The predicted octanol–water partition coefficient (Wildman–Crippen LogP) is 4.35. The Morgan fingerprint density at radius 1 is 1.29 bits per heavy atom. The Kier molecular flexibility index (Phi) is 7.59. The first-order valence-corrected chi connectivity index (χ1v) is 9.83. The van der Waals surface area contributed by atoms with Crippen LogP contribution in [0.25, 0.3) is 10.9 Å². The molecule has 0 amide bonds. The van der Waals surface area contributed by atoms with Gasteiger partial charge in [0.05, 0.1) is 10.9 Å². The van der Waals surface area contributed by atoms with Gasteiger partial charge >= 0.3 is 0 Å². The summed E-state index contributed by atoms with van der Waals surface area (Å²) in [6.07, 6.45) is 3.75. The van der Waals surface area contributed by atoms with Crippen molar-refractivity contribution in [1.29, 1.82) is 0 Å². The molecule has 0 aliphatic carbocycles. The van der Waals surface area contributed by atoms with Crippen molar-refractivity contribution in [2.24, 2.45) is 5.92 Å². The van der Waals surface area contributed by atoms with Gasteiger partial charge < -0.3 is 5.11 Å². The molecule has 24 heavy (non-hydrogen) atoms. The molecule has 1 aromatic heterocycles. The highest BCUT2D eigenvalue weighted by atomic mass is 35.5. The first kappa shape index (κ1) is 19.3. The third-order valence-corrected chi connectivity index (χ3v) is 5.14. The van der Waals surface area contributed by atoms with Crippen molar-refractivity contribution in [3.05, 3.63) is 33.6 Å². The summed E-state index contributed by atoms with van der Waals surface area (Å²) in [5.74, 6) is 1.42. The maximum Gasteiger partial charge on any atom is 0.262 e. The third kappa shape index (κ3) is 5.23. The molecule has 0 atom stereocenters. The Morgan fingerprint density at radius 2 is 2.08 bits per heavy atom. The van der Waals surface area contributed by atoms with Gasteiger partial charge in [0, 0.05) is 23.9 Å². The molecule has 0 saturated heterocycles. The quantitative estimate of drug-likeness (QED) is 0.406. The second-order valence-corrected chi connectivity index (χ2v) is 7.83. The average molecular weight is 369 g/mol. The van der Waals surface area contributed by atoms with Crippen molar-refractivity contribution in [1.82, 2.24) is 9.55 Å². The number of rotatable bonds is 9. The zero-order valence-corrected chi connectivity index (χ0v) is 15.9. The summed E-state index contributed by atoms with van der Waals surface area (Å²) in [5.41, 5.74) is 0.668. The number of thioether (sulfide) groups is 1. The van der Waals surface area contributed by atoms with E-state index in [0.29, 0.717) is 28.4 Å². The van der Waals surface area contributed by atoms with E-state index in [1.54, 1.807) is 34.5 Å². The van der Waals surface area contributed by atoms with Crippen molar-refractivity contribution < 1.29 is 5.11 Å². The van der Waals surface area contributed by atoms with Crippen LogP contribution >= 0.6 is 23.4 Å². The molecule has 0 aliphatic heterocycles. The minimum absolute atomic E-state index is 0.00942. The van der Waals surface area contributed by atoms with E-state index in [0.717, 1.165) is 36.6 Å². The van der Waals surface area contributed by atoms with Gasteiger partial charge in [-0.25, -0.2) is 4.98 Å². The fourth-order valence-corrected chi connectivity index (χ4v) is 3.61. The number of aromatic nitrogens is 2. The number of hydrogen-bond acceptors (Lipinski definition) is 4. The molecule has 0 radical (unpaired) electrons. The van der Waals surface area contributed by atoms with Crippen LogP contribution in [0, 0.1) is 5.92 Å². The largest absolute Gasteiger partial charge is 0.396 e. The van der Waals surface area contributed by atoms with Crippen LogP contribution in [0.15, 0.2) is 28.2 Å². The Balaban J connectivity index is 2.29. The number of halogens is 1. The molecule has 4 nitrogen and oxygen atoms in total. The topological polar surface area (TPSA) is 55.1 Å². The van der Waals surface area contributed by atoms with Gasteiger partial charge in [0.2, 0.25) is 0 Å². The van der Waals surface area contributed by atoms with Crippen LogP contribution in [0.1, 0.15) is 39.5 Å². The highest BCUT2D eigenvalue weighted by Crippen LogP contribution is 2.22. The first-order chi connectivity index (χ1) is 11.5. The lowest BCUT2D eigenvalue weighted by atomic mass is 10.1. The van der Waals surface area contributed by atoms with Crippen LogP contribution in [-0.4, -0.2) is 27.0 Å². The van der Waals surface area contributed by atoms with Gasteiger partial charge in [-0.3, -0.25) is 9.36 Å². The highest BCUT2D eigenvalue weighted by Gasteiger charge is 2.12. The van der Waals surface area contributed by atoms with E-state index in [4.69, 9.17) is 16.7 Å². The van der Waals surface area contributed by atoms with Crippen LogP contribution in [0.4, 0.5) is 0 Å². The van der Waals surface area contributed by atoms with E-state index in [9.17, 15) is 4.79 Å². The molecular formula is C18H25ClN2O2S. The number of benzene rings is 1. The maximum absolute atomic E-state index is 12.8.